The minimum absolute atomic E-state index is 0.0557. The summed E-state index contributed by atoms with van der Waals surface area (Å²) in [5.74, 6) is -0.0557. The van der Waals surface area contributed by atoms with E-state index in [0.29, 0.717) is 12.1 Å². The molecule has 0 bridgehead atoms. The molecule has 0 saturated carbocycles. The lowest BCUT2D eigenvalue weighted by atomic mass is 9.97. The highest BCUT2D eigenvalue weighted by molar-refractivity contribution is 9.10. The van der Waals surface area contributed by atoms with Gasteiger partial charge in [-0.2, -0.15) is 0 Å². The average molecular weight is 439 g/mol. The maximum Gasteiger partial charge on any atom is 0.251 e. The third-order valence-corrected chi connectivity index (χ3v) is 5.70. The Bertz CT molecular complexity index is 964. The summed E-state index contributed by atoms with van der Waals surface area (Å²) in [6, 6.07) is 22.4. The van der Waals surface area contributed by atoms with Crippen molar-refractivity contribution in [1.82, 2.24) is 10.2 Å². The van der Waals surface area contributed by atoms with Gasteiger partial charge in [-0.3, -0.25) is 9.69 Å². The highest BCUT2D eigenvalue weighted by Gasteiger charge is 2.24. The topological polar surface area (TPSA) is 41.6 Å². The zero-order chi connectivity index (χ0) is 19.3. The number of hydrogen-bond acceptors (Lipinski definition) is 3. The van der Waals surface area contributed by atoms with Crippen molar-refractivity contribution in [3.05, 3.63) is 82.3 Å². The molecule has 0 aromatic heterocycles. The van der Waals surface area contributed by atoms with Crippen molar-refractivity contribution in [2.24, 2.45) is 0 Å². The van der Waals surface area contributed by atoms with Gasteiger partial charge in [0.2, 0.25) is 0 Å². The van der Waals surface area contributed by atoms with Crippen LogP contribution < -0.4 is 5.32 Å². The van der Waals surface area contributed by atoms with Crippen LogP contribution in [-0.2, 0) is 4.74 Å². The highest BCUT2D eigenvalue weighted by atomic mass is 79.9. The van der Waals surface area contributed by atoms with E-state index in [9.17, 15) is 4.79 Å². The Morgan fingerprint density at radius 1 is 1.04 bits per heavy atom. The molecule has 3 aromatic rings. The fourth-order valence-electron chi connectivity index (χ4n) is 3.79. The molecule has 1 N–H and O–H groups in total. The fraction of sp³-hybridized carbons (Fsp3) is 0.261. The van der Waals surface area contributed by atoms with E-state index in [1.165, 1.54) is 16.3 Å². The molecule has 28 heavy (non-hydrogen) atoms. The van der Waals surface area contributed by atoms with Crippen LogP contribution in [0.4, 0.5) is 0 Å². The molecule has 3 aromatic carbocycles. The van der Waals surface area contributed by atoms with Crippen LogP contribution in [0.2, 0.25) is 0 Å². The molecule has 1 fully saturated rings. The van der Waals surface area contributed by atoms with Crippen molar-refractivity contribution in [2.45, 2.75) is 6.04 Å². The largest absolute Gasteiger partial charge is 0.379 e. The zero-order valence-electron chi connectivity index (χ0n) is 15.6. The van der Waals surface area contributed by atoms with E-state index >= 15 is 0 Å². The number of carbonyl (C=O) groups excluding carboxylic acids is 1. The molecule has 1 amide bonds. The highest BCUT2D eigenvalue weighted by Crippen LogP contribution is 2.28. The van der Waals surface area contributed by atoms with Crippen molar-refractivity contribution in [1.29, 1.82) is 0 Å². The smallest absolute Gasteiger partial charge is 0.251 e. The van der Waals surface area contributed by atoms with E-state index in [2.05, 4.69) is 68.6 Å². The van der Waals surface area contributed by atoms with Crippen molar-refractivity contribution in [3.8, 4) is 0 Å². The van der Waals surface area contributed by atoms with Crippen LogP contribution in [0.3, 0.4) is 0 Å². The van der Waals surface area contributed by atoms with Gasteiger partial charge >= 0.3 is 0 Å². The van der Waals surface area contributed by atoms with Crippen LogP contribution in [0.25, 0.3) is 10.8 Å². The summed E-state index contributed by atoms with van der Waals surface area (Å²) in [6.45, 7) is 3.72. The van der Waals surface area contributed by atoms with Crippen molar-refractivity contribution < 1.29 is 9.53 Å². The van der Waals surface area contributed by atoms with Crippen molar-refractivity contribution >= 4 is 32.6 Å². The standard InChI is InChI=1S/C23H23BrN2O2/c24-19-8-3-7-18(15-19)23(27)25-16-22(26-11-13-28-14-12-26)21-10-4-6-17-5-1-2-9-20(17)21/h1-10,15,22H,11-14,16H2,(H,25,27)/t22-/m0/s1. The van der Waals surface area contributed by atoms with E-state index < -0.39 is 0 Å². The van der Waals surface area contributed by atoms with Crippen molar-refractivity contribution in [3.63, 3.8) is 0 Å². The van der Waals surface area contributed by atoms with E-state index in [-0.39, 0.29) is 11.9 Å². The van der Waals surface area contributed by atoms with Gasteiger partial charge in [0, 0.05) is 29.7 Å². The number of nitrogens with one attached hydrogen (secondary N) is 1. The second-order valence-corrected chi connectivity index (χ2v) is 7.87. The zero-order valence-corrected chi connectivity index (χ0v) is 17.2. The van der Waals surface area contributed by atoms with E-state index in [1.54, 1.807) is 0 Å². The minimum atomic E-state index is -0.0557. The number of rotatable bonds is 5. The third-order valence-electron chi connectivity index (χ3n) is 5.21. The molecule has 5 heteroatoms. The molecule has 1 saturated heterocycles. The normalized spacial score (nSPS) is 16.0. The number of benzene rings is 3. The van der Waals surface area contributed by atoms with E-state index in [1.807, 2.05) is 24.3 Å². The van der Waals surface area contributed by atoms with Gasteiger partial charge in [0.1, 0.15) is 0 Å². The molecule has 0 unspecified atom stereocenters. The first-order valence-electron chi connectivity index (χ1n) is 9.55. The first-order chi connectivity index (χ1) is 13.7. The molecule has 1 aliphatic rings. The molecule has 144 valence electrons. The molecular formula is C23H23BrN2O2. The Kier molecular flexibility index (Phi) is 6.05. The van der Waals surface area contributed by atoms with E-state index in [4.69, 9.17) is 4.74 Å². The third kappa shape index (κ3) is 4.27. The number of nitrogens with zero attached hydrogens (tertiary/aromatic N) is 1. The maximum absolute atomic E-state index is 12.7. The number of morpholine rings is 1. The molecule has 4 nitrogen and oxygen atoms in total. The SMILES string of the molecule is O=C(NC[C@@H](c1cccc2ccccc12)N1CCOCC1)c1cccc(Br)c1. The maximum atomic E-state index is 12.7. The van der Waals surface area contributed by atoms with Gasteiger partial charge in [0.15, 0.2) is 0 Å². The van der Waals surface area contributed by atoms with Gasteiger partial charge in [-0.1, -0.05) is 64.5 Å². The van der Waals surface area contributed by atoms with Crippen LogP contribution in [0.15, 0.2) is 71.2 Å². The summed E-state index contributed by atoms with van der Waals surface area (Å²) < 4.78 is 6.45. The van der Waals surface area contributed by atoms with Gasteiger partial charge in [-0.05, 0) is 34.5 Å². The summed E-state index contributed by atoms with van der Waals surface area (Å²) in [4.78, 5) is 15.1. The molecule has 1 atom stereocenters. The Labute approximate surface area is 173 Å². The van der Waals surface area contributed by atoms with Gasteiger partial charge in [-0.15, -0.1) is 0 Å². The number of ether oxygens (including phenoxy) is 1. The van der Waals surface area contributed by atoms with Crippen LogP contribution in [-0.4, -0.2) is 43.7 Å². The van der Waals surface area contributed by atoms with Crippen LogP contribution in [0.5, 0.6) is 0 Å². The number of hydrogen-bond donors (Lipinski definition) is 1. The number of amides is 1. The monoisotopic (exact) mass is 438 g/mol. The van der Waals surface area contributed by atoms with Gasteiger partial charge in [-0.25, -0.2) is 0 Å². The summed E-state index contributed by atoms with van der Waals surface area (Å²) in [7, 11) is 0. The van der Waals surface area contributed by atoms with Gasteiger partial charge in [0.25, 0.3) is 5.91 Å². The summed E-state index contributed by atoms with van der Waals surface area (Å²) in [5, 5.41) is 5.60. The molecule has 0 aliphatic carbocycles. The molecule has 0 spiro atoms. The molecule has 1 heterocycles. The summed E-state index contributed by atoms with van der Waals surface area (Å²) in [6.07, 6.45) is 0. The lowest BCUT2D eigenvalue weighted by Crippen LogP contribution is -2.43. The predicted molar refractivity (Wildman–Crippen MR) is 116 cm³/mol. The Morgan fingerprint density at radius 3 is 2.61 bits per heavy atom. The molecule has 0 radical (unpaired) electrons. The first kappa shape index (κ1) is 19.1. The van der Waals surface area contributed by atoms with Crippen LogP contribution >= 0.6 is 15.9 Å². The second-order valence-electron chi connectivity index (χ2n) is 6.95. The van der Waals surface area contributed by atoms with E-state index in [0.717, 1.165) is 30.8 Å². The minimum Gasteiger partial charge on any atom is -0.379 e. The predicted octanol–water partition coefficient (Wildman–Crippen LogP) is 4.41. The Morgan fingerprint density at radius 2 is 1.79 bits per heavy atom. The second kappa shape index (κ2) is 8.86. The number of fused-ring (bicyclic) bond motifs is 1. The lowest BCUT2D eigenvalue weighted by Gasteiger charge is -2.35. The van der Waals surface area contributed by atoms with Gasteiger partial charge < -0.3 is 10.1 Å². The summed E-state index contributed by atoms with van der Waals surface area (Å²) >= 11 is 3.43. The Balaban J connectivity index is 1.61. The van der Waals surface area contributed by atoms with Crippen LogP contribution in [0, 0.1) is 0 Å². The Hall–Kier alpha value is -2.21. The number of halogens is 1. The van der Waals surface area contributed by atoms with Crippen LogP contribution in [0.1, 0.15) is 22.0 Å². The quantitative estimate of drug-likeness (QED) is 0.641. The van der Waals surface area contributed by atoms with Crippen molar-refractivity contribution in [2.75, 3.05) is 32.8 Å². The molecule has 4 rings (SSSR count). The fourth-order valence-corrected chi connectivity index (χ4v) is 4.19. The average Bonchev–Trinajstić information content (AvgIpc) is 2.74. The molecular weight excluding hydrogens is 416 g/mol. The number of carbonyl (C=O) groups is 1. The first-order valence-corrected chi connectivity index (χ1v) is 10.3. The van der Waals surface area contributed by atoms with Gasteiger partial charge in [0.05, 0.1) is 19.3 Å². The lowest BCUT2D eigenvalue weighted by molar-refractivity contribution is 0.0165. The summed E-state index contributed by atoms with van der Waals surface area (Å²) in [5.41, 5.74) is 1.91. The molecule has 1 aliphatic heterocycles.